The quantitative estimate of drug-likeness (QED) is 0.583. The molecule has 0 unspecified atom stereocenters. The van der Waals surface area contributed by atoms with Crippen LogP contribution < -0.4 is 0 Å². The van der Waals surface area contributed by atoms with Crippen molar-refractivity contribution in [2.24, 2.45) is 7.05 Å². The average molecular weight is 471 g/mol. The molecule has 1 aliphatic carbocycles. The molecular weight excluding hydrogens is 447 g/mol. The summed E-state index contributed by atoms with van der Waals surface area (Å²) in [6.07, 6.45) is -2.32. The molecule has 1 saturated heterocycles. The van der Waals surface area contributed by atoms with E-state index < -0.39 is 11.7 Å². The number of piperazine rings is 1. The summed E-state index contributed by atoms with van der Waals surface area (Å²) >= 11 is 0. The number of alkyl halides is 3. The minimum Gasteiger partial charge on any atom is -0.335 e. The molecule has 1 saturated carbocycles. The highest BCUT2D eigenvalue weighted by atomic mass is 19.4. The van der Waals surface area contributed by atoms with Crippen molar-refractivity contribution in [1.29, 1.82) is 0 Å². The Morgan fingerprint density at radius 1 is 0.971 bits per heavy atom. The molecule has 3 heterocycles. The maximum absolute atomic E-state index is 13.5. The van der Waals surface area contributed by atoms with Crippen molar-refractivity contribution in [2.75, 3.05) is 26.2 Å². The minimum atomic E-state index is -4.45. The largest absolute Gasteiger partial charge is 0.416 e. The first-order chi connectivity index (χ1) is 16.1. The number of hydrogen-bond donors (Lipinski definition) is 0. The third-order valence-electron chi connectivity index (χ3n) is 6.53. The maximum atomic E-state index is 13.5. The fraction of sp³-hybridized carbons (Fsp3) is 0.417. The van der Waals surface area contributed by atoms with E-state index >= 15 is 0 Å². The summed E-state index contributed by atoms with van der Waals surface area (Å²) in [5, 5.41) is 5.20. The van der Waals surface area contributed by atoms with Crippen molar-refractivity contribution in [3.05, 3.63) is 58.4 Å². The average Bonchev–Trinajstić information content (AvgIpc) is 3.63. The minimum absolute atomic E-state index is 0.118. The third-order valence-corrected chi connectivity index (χ3v) is 6.53. The van der Waals surface area contributed by atoms with Crippen LogP contribution in [-0.2, 0) is 13.2 Å². The van der Waals surface area contributed by atoms with Crippen LogP contribution in [0, 0.1) is 6.92 Å². The Labute approximate surface area is 194 Å². The molecule has 0 radical (unpaired) electrons. The topological polar surface area (TPSA) is 71.3 Å². The van der Waals surface area contributed by atoms with Crippen LogP contribution in [0.15, 0.2) is 30.3 Å². The van der Waals surface area contributed by atoms with Gasteiger partial charge in [-0.25, -0.2) is 4.98 Å². The van der Waals surface area contributed by atoms with Crippen molar-refractivity contribution < 1.29 is 22.8 Å². The Hall–Kier alpha value is -3.43. The van der Waals surface area contributed by atoms with Gasteiger partial charge in [0, 0.05) is 50.4 Å². The van der Waals surface area contributed by atoms with Gasteiger partial charge in [0.05, 0.1) is 22.2 Å². The molecule has 10 heteroatoms. The normalized spacial score (nSPS) is 16.9. The smallest absolute Gasteiger partial charge is 0.335 e. The molecule has 1 aromatic carbocycles. The number of fused-ring (bicyclic) bond motifs is 1. The number of hydrogen-bond acceptors (Lipinski definition) is 4. The van der Waals surface area contributed by atoms with Crippen molar-refractivity contribution in [3.63, 3.8) is 0 Å². The Balaban J connectivity index is 1.32. The highest BCUT2D eigenvalue weighted by Gasteiger charge is 2.33. The number of benzene rings is 1. The molecule has 34 heavy (non-hydrogen) atoms. The number of aromatic nitrogens is 3. The van der Waals surface area contributed by atoms with Gasteiger partial charge in [0.2, 0.25) is 0 Å². The Morgan fingerprint density at radius 2 is 1.56 bits per heavy atom. The van der Waals surface area contributed by atoms with Crippen LogP contribution in [-0.4, -0.2) is 62.6 Å². The fourth-order valence-corrected chi connectivity index (χ4v) is 4.49. The monoisotopic (exact) mass is 471 g/mol. The molecule has 0 atom stereocenters. The van der Waals surface area contributed by atoms with Crippen molar-refractivity contribution in [3.8, 4) is 0 Å². The van der Waals surface area contributed by atoms with Crippen molar-refractivity contribution >= 4 is 22.8 Å². The Bertz CT molecular complexity index is 1270. The SMILES string of the molecule is Cc1nn(C)c2nc(C3CC3)cc(C(=O)N3CCN(C(=O)c4ccc(C(F)(F)F)cc4)CC3)c12. The van der Waals surface area contributed by atoms with Gasteiger partial charge in [-0.15, -0.1) is 0 Å². The Morgan fingerprint density at radius 3 is 2.12 bits per heavy atom. The van der Waals surface area contributed by atoms with Gasteiger partial charge < -0.3 is 9.80 Å². The number of pyridine rings is 1. The lowest BCUT2D eigenvalue weighted by Crippen LogP contribution is -2.50. The molecule has 0 N–H and O–H groups in total. The van der Waals surface area contributed by atoms with E-state index in [2.05, 4.69) is 5.10 Å². The molecule has 2 amide bonds. The fourth-order valence-electron chi connectivity index (χ4n) is 4.49. The molecular formula is C24H24F3N5O2. The molecule has 3 aromatic rings. The predicted octanol–water partition coefficient (Wildman–Crippen LogP) is 3.77. The number of carbonyl (C=O) groups excluding carboxylic acids is 2. The Kier molecular flexibility index (Phi) is 5.33. The summed E-state index contributed by atoms with van der Waals surface area (Å²) in [6, 6.07) is 6.10. The highest BCUT2D eigenvalue weighted by molar-refractivity contribution is 6.06. The van der Waals surface area contributed by atoms with E-state index in [1.165, 1.54) is 12.1 Å². The van der Waals surface area contributed by atoms with Gasteiger partial charge in [0.15, 0.2) is 5.65 Å². The molecule has 178 valence electrons. The van der Waals surface area contributed by atoms with Gasteiger partial charge >= 0.3 is 6.18 Å². The first kappa shape index (κ1) is 22.4. The zero-order valence-corrected chi connectivity index (χ0v) is 18.9. The number of carbonyl (C=O) groups is 2. The second-order valence-electron chi connectivity index (χ2n) is 8.94. The lowest BCUT2D eigenvalue weighted by molar-refractivity contribution is -0.137. The summed E-state index contributed by atoms with van der Waals surface area (Å²) in [7, 11) is 1.82. The van der Waals surface area contributed by atoms with Crippen LogP contribution in [0.5, 0.6) is 0 Å². The molecule has 1 aliphatic heterocycles. The second kappa shape index (κ2) is 8.11. The van der Waals surface area contributed by atoms with Crippen LogP contribution in [0.25, 0.3) is 11.0 Å². The molecule has 5 rings (SSSR count). The molecule has 7 nitrogen and oxygen atoms in total. The summed E-state index contributed by atoms with van der Waals surface area (Å²) in [6.45, 7) is 3.15. The van der Waals surface area contributed by atoms with Crippen LogP contribution in [0.3, 0.4) is 0 Å². The van der Waals surface area contributed by atoms with Crippen molar-refractivity contribution in [1.82, 2.24) is 24.6 Å². The van der Waals surface area contributed by atoms with Crippen LogP contribution in [0.1, 0.15) is 56.4 Å². The number of amides is 2. The van der Waals surface area contributed by atoms with E-state index in [1.807, 2.05) is 20.0 Å². The van der Waals surface area contributed by atoms with Gasteiger partial charge in [0.25, 0.3) is 11.8 Å². The van der Waals surface area contributed by atoms with Gasteiger partial charge in [-0.05, 0) is 50.1 Å². The van der Waals surface area contributed by atoms with Crippen molar-refractivity contribution in [2.45, 2.75) is 31.9 Å². The number of nitrogens with zero attached hydrogens (tertiary/aromatic N) is 5. The number of aryl methyl sites for hydroxylation is 2. The van der Waals surface area contributed by atoms with E-state index in [4.69, 9.17) is 4.98 Å². The van der Waals surface area contributed by atoms with E-state index in [0.717, 1.165) is 41.7 Å². The van der Waals surface area contributed by atoms with Gasteiger partial charge in [0.1, 0.15) is 0 Å². The molecule has 0 spiro atoms. The van der Waals surface area contributed by atoms with Crippen LogP contribution >= 0.6 is 0 Å². The second-order valence-corrected chi connectivity index (χ2v) is 8.94. The molecule has 2 fully saturated rings. The summed E-state index contributed by atoms with van der Waals surface area (Å²) in [5.41, 5.74) is 2.34. The zero-order valence-electron chi connectivity index (χ0n) is 18.9. The van der Waals surface area contributed by atoms with Gasteiger partial charge in [-0.2, -0.15) is 18.3 Å². The first-order valence-electron chi connectivity index (χ1n) is 11.2. The predicted molar refractivity (Wildman–Crippen MR) is 118 cm³/mol. The number of halogens is 3. The summed E-state index contributed by atoms with van der Waals surface area (Å²) in [4.78, 5) is 34.3. The molecule has 0 bridgehead atoms. The van der Waals surface area contributed by atoms with Gasteiger partial charge in [-0.1, -0.05) is 0 Å². The van der Waals surface area contributed by atoms with E-state index in [0.29, 0.717) is 43.3 Å². The van der Waals surface area contributed by atoms with Crippen LogP contribution in [0.2, 0.25) is 0 Å². The summed E-state index contributed by atoms with van der Waals surface area (Å²) < 4.78 is 40.1. The standard InChI is InChI=1S/C24H24F3N5O2/c1-14-20-18(13-19(15-3-4-15)28-21(20)30(2)29-14)23(34)32-11-9-31(10-12-32)22(33)16-5-7-17(8-6-16)24(25,26)27/h5-8,13,15H,3-4,9-12H2,1-2H3. The third kappa shape index (κ3) is 4.01. The summed E-state index contributed by atoms with van der Waals surface area (Å²) in [5.74, 6) is -0.0809. The zero-order chi connectivity index (χ0) is 24.2. The van der Waals surface area contributed by atoms with Crippen LogP contribution in [0.4, 0.5) is 13.2 Å². The molecule has 2 aliphatic rings. The first-order valence-corrected chi connectivity index (χ1v) is 11.2. The van der Waals surface area contributed by atoms with E-state index in [9.17, 15) is 22.8 Å². The molecule has 2 aromatic heterocycles. The number of rotatable bonds is 3. The lowest BCUT2D eigenvalue weighted by Gasteiger charge is -2.35. The maximum Gasteiger partial charge on any atom is 0.416 e. The van der Waals surface area contributed by atoms with E-state index in [-0.39, 0.29) is 17.4 Å². The lowest BCUT2D eigenvalue weighted by atomic mass is 10.1. The van der Waals surface area contributed by atoms with E-state index in [1.54, 1.807) is 14.5 Å². The van der Waals surface area contributed by atoms with Gasteiger partial charge in [-0.3, -0.25) is 14.3 Å². The highest BCUT2D eigenvalue weighted by Crippen LogP contribution is 2.40.